The van der Waals surface area contributed by atoms with Gasteiger partial charge >= 0.3 is 127 Å². The zero-order valence-corrected chi connectivity index (χ0v) is 12.5. The topological polar surface area (TPSA) is 18.8 Å². The third-order valence-corrected chi connectivity index (χ3v) is 6.07. The molecule has 0 saturated heterocycles. The van der Waals surface area contributed by atoms with Crippen LogP contribution in [0.2, 0.25) is 0 Å². The molecule has 0 N–H and O–H groups in total. The monoisotopic (exact) mass is 332 g/mol. The Labute approximate surface area is 128 Å². The van der Waals surface area contributed by atoms with Gasteiger partial charge in [0.25, 0.3) is 0 Å². The fourth-order valence-electron chi connectivity index (χ4n) is 2.55. The molecule has 0 bridgehead atoms. The van der Waals surface area contributed by atoms with Crippen LogP contribution in [0.1, 0.15) is 11.0 Å². The molecule has 0 radical (unpaired) electrons. The van der Waals surface area contributed by atoms with Crippen molar-refractivity contribution in [3.8, 4) is 0 Å². The van der Waals surface area contributed by atoms with Gasteiger partial charge in [-0.15, -0.1) is 0 Å². The van der Waals surface area contributed by atoms with E-state index in [0.717, 1.165) is 5.69 Å². The van der Waals surface area contributed by atoms with Gasteiger partial charge in [-0.05, 0) is 0 Å². The van der Waals surface area contributed by atoms with E-state index >= 15 is 0 Å². The standard InChI is InChI=1S/C16H15N3Se/c1-2-18-10-17-19(11-18)14-8-5-7-13-12-6-3-4-9-15(12)20-16(13)14/h3-10H,2,11H2,1H3/i1D3. The summed E-state index contributed by atoms with van der Waals surface area (Å²) < 4.78 is 24.9. The first-order valence-electron chi connectivity index (χ1n) is 7.97. The van der Waals surface area contributed by atoms with Gasteiger partial charge in [0.15, 0.2) is 0 Å². The zero-order valence-electron chi connectivity index (χ0n) is 13.8. The summed E-state index contributed by atoms with van der Waals surface area (Å²) in [5.74, 6) is 0. The SMILES string of the molecule is [2H]C([2H])([2H])CN1C=NN(c2cccc3c2[se]c2ccccc23)C1. The third-order valence-electron chi connectivity index (χ3n) is 3.53. The Hall–Kier alpha value is -1.77. The van der Waals surface area contributed by atoms with Gasteiger partial charge in [-0.25, -0.2) is 0 Å². The van der Waals surface area contributed by atoms with Crippen molar-refractivity contribution in [2.45, 2.75) is 6.85 Å². The van der Waals surface area contributed by atoms with Crippen LogP contribution >= 0.6 is 0 Å². The summed E-state index contributed by atoms with van der Waals surface area (Å²) in [7, 11) is 0. The molecule has 0 atom stereocenters. The summed E-state index contributed by atoms with van der Waals surface area (Å²) in [6.07, 6.45) is 1.63. The normalized spacial score (nSPS) is 17.7. The molecule has 0 fully saturated rings. The van der Waals surface area contributed by atoms with Crippen molar-refractivity contribution < 1.29 is 4.11 Å². The Morgan fingerprint density at radius 3 is 3.05 bits per heavy atom. The Balaban J connectivity index is 1.72. The van der Waals surface area contributed by atoms with Crippen molar-refractivity contribution in [1.29, 1.82) is 0 Å². The van der Waals surface area contributed by atoms with Gasteiger partial charge in [0, 0.05) is 0 Å². The maximum atomic E-state index is 7.39. The molecule has 0 unspecified atom stereocenters. The number of anilines is 1. The van der Waals surface area contributed by atoms with Crippen LogP contribution in [-0.2, 0) is 0 Å². The summed E-state index contributed by atoms with van der Waals surface area (Å²) in [6.45, 7) is -1.46. The summed E-state index contributed by atoms with van der Waals surface area (Å²) >= 11 is 0.259. The van der Waals surface area contributed by atoms with E-state index in [2.05, 4.69) is 41.5 Å². The molecule has 3 aromatic rings. The minimum atomic E-state index is -1.97. The zero-order chi connectivity index (χ0) is 16.0. The Morgan fingerprint density at radius 1 is 1.20 bits per heavy atom. The summed E-state index contributed by atoms with van der Waals surface area (Å²) in [5.41, 5.74) is 1.09. The van der Waals surface area contributed by atoms with E-state index in [9.17, 15) is 0 Å². The number of rotatable bonds is 2. The van der Waals surface area contributed by atoms with Gasteiger partial charge in [-0.3, -0.25) is 0 Å². The van der Waals surface area contributed by atoms with Gasteiger partial charge in [-0.2, -0.15) is 0 Å². The van der Waals surface area contributed by atoms with Gasteiger partial charge in [0.05, 0.1) is 0 Å². The second kappa shape index (κ2) is 4.65. The van der Waals surface area contributed by atoms with Crippen molar-refractivity contribution in [2.75, 3.05) is 18.2 Å². The van der Waals surface area contributed by atoms with Gasteiger partial charge in [0.2, 0.25) is 0 Å². The van der Waals surface area contributed by atoms with E-state index in [4.69, 9.17) is 4.11 Å². The fraction of sp³-hybridized carbons (Fsp3) is 0.188. The average molecular weight is 331 g/mol. The molecule has 1 aliphatic rings. The van der Waals surface area contributed by atoms with Crippen molar-refractivity contribution >= 4 is 45.8 Å². The van der Waals surface area contributed by atoms with Crippen LogP contribution in [-0.4, -0.2) is 39.0 Å². The first-order valence-corrected chi connectivity index (χ1v) is 8.18. The van der Waals surface area contributed by atoms with E-state index in [0.29, 0.717) is 6.67 Å². The van der Waals surface area contributed by atoms with Crippen molar-refractivity contribution in [3.05, 3.63) is 42.5 Å². The van der Waals surface area contributed by atoms with E-state index < -0.39 is 6.85 Å². The fourth-order valence-corrected chi connectivity index (χ4v) is 5.11. The number of hydrogen-bond acceptors (Lipinski definition) is 3. The molecule has 4 rings (SSSR count). The third kappa shape index (κ3) is 1.76. The quantitative estimate of drug-likeness (QED) is 0.672. The van der Waals surface area contributed by atoms with E-state index in [1.54, 1.807) is 11.2 Å². The van der Waals surface area contributed by atoms with Crippen LogP contribution in [0, 0.1) is 0 Å². The Kier molecular flexibility index (Phi) is 2.14. The molecule has 0 amide bonds. The predicted octanol–water partition coefficient (Wildman–Crippen LogP) is 3.09. The maximum absolute atomic E-state index is 7.39. The molecular weight excluding hydrogens is 313 g/mol. The number of nitrogens with zero attached hydrogens (tertiary/aromatic N) is 3. The Bertz CT molecular complexity index is 900. The molecule has 2 heterocycles. The van der Waals surface area contributed by atoms with E-state index in [1.807, 2.05) is 11.1 Å². The van der Waals surface area contributed by atoms with Crippen molar-refractivity contribution in [2.24, 2.45) is 5.10 Å². The predicted molar refractivity (Wildman–Crippen MR) is 86.6 cm³/mol. The van der Waals surface area contributed by atoms with E-state index in [-0.39, 0.29) is 21.0 Å². The van der Waals surface area contributed by atoms with Crippen LogP contribution in [0.25, 0.3) is 19.3 Å². The molecule has 0 aliphatic carbocycles. The van der Waals surface area contributed by atoms with Crippen LogP contribution in [0.15, 0.2) is 47.6 Å². The molecule has 20 heavy (non-hydrogen) atoms. The molecular formula is C16H15N3Se. The number of hydrazone groups is 1. The summed E-state index contributed by atoms with van der Waals surface area (Å²) in [5, 5.41) is 8.90. The van der Waals surface area contributed by atoms with Gasteiger partial charge in [-0.1, -0.05) is 0 Å². The first-order chi connectivity index (χ1) is 11.0. The number of hydrogen-bond donors (Lipinski definition) is 0. The van der Waals surface area contributed by atoms with Gasteiger partial charge in [0.1, 0.15) is 0 Å². The number of benzene rings is 2. The van der Waals surface area contributed by atoms with Crippen LogP contribution in [0.3, 0.4) is 0 Å². The van der Waals surface area contributed by atoms with Gasteiger partial charge < -0.3 is 0 Å². The molecule has 2 aromatic carbocycles. The molecule has 100 valence electrons. The molecule has 1 aromatic heterocycles. The molecule has 3 nitrogen and oxygen atoms in total. The molecule has 0 spiro atoms. The summed E-state index contributed by atoms with van der Waals surface area (Å²) in [4.78, 5) is 1.74. The van der Waals surface area contributed by atoms with Crippen LogP contribution in [0.4, 0.5) is 5.69 Å². The molecule has 4 heteroatoms. The summed E-state index contributed by atoms with van der Waals surface area (Å²) in [6, 6.07) is 14.8. The minimum absolute atomic E-state index is 0.0212. The van der Waals surface area contributed by atoms with Crippen LogP contribution < -0.4 is 5.01 Å². The van der Waals surface area contributed by atoms with Crippen molar-refractivity contribution in [1.82, 2.24) is 4.90 Å². The molecule has 0 saturated carbocycles. The Morgan fingerprint density at radius 2 is 2.10 bits per heavy atom. The first kappa shape index (κ1) is 9.22. The average Bonchev–Trinajstić information content (AvgIpc) is 3.09. The van der Waals surface area contributed by atoms with E-state index in [1.165, 1.54) is 19.3 Å². The van der Waals surface area contributed by atoms with Crippen molar-refractivity contribution in [3.63, 3.8) is 0 Å². The second-order valence-corrected chi connectivity index (χ2v) is 6.98. The van der Waals surface area contributed by atoms with Crippen LogP contribution in [0.5, 0.6) is 0 Å². The number of fused-ring (bicyclic) bond motifs is 3. The molecule has 1 aliphatic heterocycles. The second-order valence-electron chi connectivity index (χ2n) is 4.77.